The third kappa shape index (κ3) is 4.44. The molecule has 2 heterocycles. The number of para-hydroxylation sites is 1. The minimum Gasteiger partial charge on any atom is -0.340 e. The molecule has 0 aliphatic heterocycles. The van der Waals surface area contributed by atoms with Crippen molar-refractivity contribution in [2.45, 2.75) is 33.2 Å². The second kappa shape index (κ2) is 9.80. The lowest BCUT2D eigenvalue weighted by molar-refractivity contribution is 0.703. The van der Waals surface area contributed by atoms with Gasteiger partial charge in [0.15, 0.2) is 0 Å². The number of benzene rings is 3. The number of aromatic nitrogens is 3. The SMILES string of the molecule is CCCc1nc2ccc(Br)cc2c(=O)n1N=Cc1c(C)n(Cc2ccccc2Cl)c2ccccc12. The first-order chi connectivity index (χ1) is 17.0. The molecule has 2 aromatic heterocycles. The van der Waals surface area contributed by atoms with Gasteiger partial charge >= 0.3 is 0 Å². The summed E-state index contributed by atoms with van der Waals surface area (Å²) in [6.45, 7) is 4.79. The number of nitrogens with zero attached hydrogens (tertiary/aromatic N) is 4. The van der Waals surface area contributed by atoms with Crippen molar-refractivity contribution in [2.75, 3.05) is 0 Å². The first-order valence-corrected chi connectivity index (χ1v) is 12.7. The Kier molecular flexibility index (Phi) is 6.58. The minimum atomic E-state index is -0.173. The van der Waals surface area contributed by atoms with E-state index in [4.69, 9.17) is 16.6 Å². The molecule has 35 heavy (non-hydrogen) atoms. The van der Waals surface area contributed by atoms with Crippen molar-refractivity contribution < 1.29 is 0 Å². The third-order valence-corrected chi connectivity index (χ3v) is 7.08. The van der Waals surface area contributed by atoms with Crippen LogP contribution in [0.5, 0.6) is 0 Å². The number of halogens is 2. The predicted octanol–water partition coefficient (Wildman–Crippen LogP) is 6.96. The van der Waals surface area contributed by atoms with Crippen LogP contribution < -0.4 is 5.56 Å². The number of hydrogen-bond acceptors (Lipinski definition) is 3. The van der Waals surface area contributed by atoms with Crippen molar-refractivity contribution >= 4 is 55.6 Å². The van der Waals surface area contributed by atoms with Crippen molar-refractivity contribution in [3.05, 3.63) is 109 Å². The highest BCUT2D eigenvalue weighted by Crippen LogP contribution is 2.27. The Balaban J connectivity index is 1.66. The molecule has 0 radical (unpaired) electrons. The van der Waals surface area contributed by atoms with Gasteiger partial charge in [-0.05, 0) is 49.2 Å². The van der Waals surface area contributed by atoms with E-state index in [0.29, 0.717) is 29.7 Å². The van der Waals surface area contributed by atoms with Gasteiger partial charge in [0.2, 0.25) is 0 Å². The van der Waals surface area contributed by atoms with Gasteiger partial charge < -0.3 is 4.57 Å². The third-order valence-electron chi connectivity index (χ3n) is 6.22. The highest BCUT2D eigenvalue weighted by molar-refractivity contribution is 9.10. The molecule has 0 amide bonds. The molecule has 5 aromatic rings. The molecule has 0 atom stereocenters. The van der Waals surface area contributed by atoms with E-state index in [2.05, 4.69) is 51.6 Å². The summed E-state index contributed by atoms with van der Waals surface area (Å²) < 4.78 is 4.52. The predicted molar refractivity (Wildman–Crippen MR) is 148 cm³/mol. The van der Waals surface area contributed by atoms with Crippen LogP contribution in [0.3, 0.4) is 0 Å². The van der Waals surface area contributed by atoms with Crippen LogP contribution in [0, 0.1) is 6.92 Å². The molecular formula is C28H24BrClN4O. The lowest BCUT2D eigenvalue weighted by atomic mass is 10.1. The summed E-state index contributed by atoms with van der Waals surface area (Å²) in [5.41, 5.74) is 4.67. The lowest BCUT2D eigenvalue weighted by Crippen LogP contribution is -2.22. The largest absolute Gasteiger partial charge is 0.340 e. The summed E-state index contributed by atoms with van der Waals surface area (Å²) in [6.07, 6.45) is 3.30. The first-order valence-electron chi connectivity index (χ1n) is 11.5. The average Bonchev–Trinajstić information content (AvgIpc) is 3.12. The smallest absolute Gasteiger partial charge is 0.282 e. The number of hydrogen-bond donors (Lipinski definition) is 0. The van der Waals surface area contributed by atoms with Crippen molar-refractivity contribution in [1.29, 1.82) is 0 Å². The van der Waals surface area contributed by atoms with Crippen molar-refractivity contribution in [3.63, 3.8) is 0 Å². The maximum atomic E-state index is 13.4. The fourth-order valence-corrected chi connectivity index (χ4v) is 4.99. The number of fused-ring (bicyclic) bond motifs is 2. The van der Waals surface area contributed by atoms with Crippen LogP contribution >= 0.6 is 27.5 Å². The average molecular weight is 548 g/mol. The van der Waals surface area contributed by atoms with Crippen LogP contribution in [0.4, 0.5) is 0 Å². The molecular weight excluding hydrogens is 524 g/mol. The van der Waals surface area contributed by atoms with Crippen LogP contribution in [-0.4, -0.2) is 20.4 Å². The second-order valence-electron chi connectivity index (χ2n) is 8.49. The Morgan fingerprint density at radius 3 is 2.63 bits per heavy atom. The van der Waals surface area contributed by atoms with Gasteiger partial charge in [-0.3, -0.25) is 4.79 Å². The summed E-state index contributed by atoms with van der Waals surface area (Å²) in [5, 5.41) is 7.03. The molecule has 0 unspecified atom stereocenters. The van der Waals surface area contributed by atoms with Crippen molar-refractivity contribution in [2.24, 2.45) is 5.10 Å². The Labute approximate surface area is 216 Å². The van der Waals surface area contributed by atoms with Crippen LogP contribution in [0.15, 0.2) is 81.1 Å². The summed E-state index contributed by atoms with van der Waals surface area (Å²) in [4.78, 5) is 18.1. The quantitative estimate of drug-likeness (QED) is 0.216. The Morgan fingerprint density at radius 2 is 1.83 bits per heavy atom. The molecule has 0 aliphatic rings. The van der Waals surface area contributed by atoms with E-state index in [-0.39, 0.29) is 5.56 Å². The molecule has 0 fully saturated rings. The molecule has 0 saturated heterocycles. The van der Waals surface area contributed by atoms with Gasteiger partial charge in [-0.2, -0.15) is 9.78 Å². The zero-order valence-electron chi connectivity index (χ0n) is 19.5. The summed E-state index contributed by atoms with van der Waals surface area (Å²) in [7, 11) is 0. The fourth-order valence-electron chi connectivity index (χ4n) is 4.44. The maximum Gasteiger partial charge on any atom is 0.282 e. The van der Waals surface area contributed by atoms with Gasteiger partial charge in [0.05, 0.1) is 17.1 Å². The zero-order chi connectivity index (χ0) is 24.5. The van der Waals surface area contributed by atoms with Gasteiger partial charge in [0.25, 0.3) is 5.56 Å². The van der Waals surface area contributed by atoms with E-state index in [0.717, 1.165) is 43.6 Å². The number of aryl methyl sites for hydroxylation is 1. The molecule has 3 aromatic carbocycles. The maximum absolute atomic E-state index is 13.4. The molecule has 0 N–H and O–H groups in total. The van der Waals surface area contributed by atoms with Crippen molar-refractivity contribution in [3.8, 4) is 0 Å². The topological polar surface area (TPSA) is 52.2 Å². The van der Waals surface area contributed by atoms with E-state index in [1.165, 1.54) is 4.68 Å². The molecule has 0 saturated carbocycles. The summed E-state index contributed by atoms with van der Waals surface area (Å²) in [5.74, 6) is 0.654. The van der Waals surface area contributed by atoms with E-state index in [9.17, 15) is 4.79 Å². The molecule has 0 spiro atoms. The summed E-state index contributed by atoms with van der Waals surface area (Å²) >= 11 is 9.92. The monoisotopic (exact) mass is 546 g/mol. The Morgan fingerprint density at radius 1 is 1.06 bits per heavy atom. The van der Waals surface area contributed by atoms with Gasteiger partial charge in [0.1, 0.15) is 5.82 Å². The molecule has 176 valence electrons. The molecule has 5 nitrogen and oxygen atoms in total. The van der Waals surface area contributed by atoms with Gasteiger partial charge in [-0.25, -0.2) is 4.98 Å². The van der Waals surface area contributed by atoms with Gasteiger partial charge in [-0.15, -0.1) is 0 Å². The van der Waals surface area contributed by atoms with E-state index in [1.807, 2.05) is 48.5 Å². The van der Waals surface area contributed by atoms with E-state index in [1.54, 1.807) is 12.3 Å². The van der Waals surface area contributed by atoms with Crippen LogP contribution in [0.2, 0.25) is 5.02 Å². The van der Waals surface area contributed by atoms with Gasteiger partial charge in [-0.1, -0.05) is 70.9 Å². The zero-order valence-corrected chi connectivity index (χ0v) is 21.8. The van der Waals surface area contributed by atoms with E-state index < -0.39 is 0 Å². The Hall–Kier alpha value is -3.22. The lowest BCUT2D eigenvalue weighted by Gasteiger charge is -2.10. The van der Waals surface area contributed by atoms with E-state index >= 15 is 0 Å². The molecule has 0 bridgehead atoms. The Bertz CT molecular complexity index is 1650. The van der Waals surface area contributed by atoms with Crippen molar-refractivity contribution in [1.82, 2.24) is 14.2 Å². The highest BCUT2D eigenvalue weighted by Gasteiger charge is 2.15. The minimum absolute atomic E-state index is 0.173. The fraction of sp³-hybridized carbons (Fsp3) is 0.179. The number of rotatable bonds is 6. The standard InChI is InChI=1S/C28H24BrClN4O/c1-3-8-27-32-25-14-13-20(29)15-22(25)28(35)34(27)31-16-23-18(2)33(26-12-7-5-10-21(23)26)17-19-9-4-6-11-24(19)30/h4-7,9-16H,3,8,17H2,1-2H3. The summed E-state index contributed by atoms with van der Waals surface area (Å²) in [6, 6.07) is 21.7. The van der Waals surface area contributed by atoms with Crippen LogP contribution in [-0.2, 0) is 13.0 Å². The first kappa shape index (κ1) is 23.5. The molecule has 7 heteroatoms. The molecule has 5 rings (SSSR count). The highest BCUT2D eigenvalue weighted by atomic mass is 79.9. The van der Waals surface area contributed by atoms with Crippen LogP contribution in [0.25, 0.3) is 21.8 Å². The normalized spacial score (nSPS) is 11.8. The molecule has 0 aliphatic carbocycles. The van der Waals surface area contributed by atoms with Crippen LogP contribution in [0.1, 0.15) is 36.0 Å². The van der Waals surface area contributed by atoms with Gasteiger partial charge in [0, 0.05) is 44.6 Å². The second-order valence-corrected chi connectivity index (χ2v) is 9.82.